The molecule has 14 heavy (non-hydrogen) atoms. The highest BCUT2D eigenvalue weighted by Gasteiger charge is 2.30. The molecule has 0 bridgehead atoms. The molecule has 0 radical (unpaired) electrons. The van der Waals surface area contributed by atoms with Gasteiger partial charge in [0.2, 0.25) is 0 Å². The van der Waals surface area contributed by atoms with Crippen LogP contribution in [0.25, 0.3) is 6.08 Å². The SMILES string of the molecule is C=Cc1ccc(C(F)(F)F)cc1C#N. The van der Waals surface area contributed by atoms with E-state index in [1.807, 2.05) is 0 Å². The number of nitriles is 1. The van der Waals surface area contributed by atoms with Gasteiger partial charge >= 0.3 is 6.18 Å². The van der Waals surface area contributed by atoms with Crippen LogP contribution in [-0.4, -0.2) is 0 Å². The van der Waals surface area contributed by atoms with Crippen LogP contribution in [0.5, 0.6) is 0 Å². The van der Waals surface area contributed by atoms with Gasteiger partial charge in [-0.05, 0) is 17.7 Å². The fourth-order valence-electron chi connectivity index (χ4n) is 1.01. The van der Waals surface area contributed by atoms with Crippen LogP contribution in [0.1, 0.15) is 16.7 Å². The number of nitrogens with zero attached hydrogens (tertiary/aromatic N) is 1. The second-order valence-corrected chi connectivity index (χ2v) is 2.62. The molecule has 1 rings (SSSR count). The zero-order chi connectivity index (χ0) is 10.8. The molecule has 0 aliphatic heterocycles. The van der Waals surface area contributed by atoms with E-state index in [2.05, 4.69) is 6.58 Å². The molecule has 0 atom stereocenters. The third kappa shape index (κ3) is 1.94. The fourth-order valence-corrected chi connectivity index (χ4v) is 1.01. The zero-order valence-electron chi connectivity index (χ0n) is 7.10. The van der Waals surface area contributed by atoms with Gasteiger partial charge in [0, 0.05) is 0 Å². The topological polar surface area (TPSA) is 23.8 Å². The molecular weight excluding hydrogens is 191 g/mol. The van der Waals surface area contributed by atoms with Crippen LogP contribution in [0.2, 0.25) is 0 Å². The smallest absolute Gasteiger partial charge is 0.192 e. The Morgan fingerprint density at radius 1 is 1.36 bits per heavy atom. The van der Waals surface area contributed by atoms with E-state index in [-0.39, 0.29) is 5.56 Å². The maximum atomic E-state index is 12.2. The number of halogens is 3. The van der Waals surface area contributed by atoms with Gasteiger partial charge < -0.3 is 0 Å². The summed E-state index contributed by atoms with van der Waals surface area (Å²) in [5.41, 5.74) is -0.435. The quantitative estimate of drug-likeness (QED) is 0.678. The van der Waals surface area contributed by atoms with E-state index < -0.39 is 11.7 Å². The van der Waals surface area contributed by atoms with Crippen molar-refractivity contribution in [2.75, 3.05) is 0 Å². The fraction of sp³-hybridized carbons (Fsp3) is 0.100. The van der Waals surface area contributed by atoms with E-state index in [0.29, 0.717) is 5.56 Å². The lowest BCUT2D eigenvalue weighted by molar-refractivity contribution is -0.137. The van der Waals surface area contributed by atoms with E-state index in [9.17, 15) is 13.2 Å². The number of benzene rings is 1. The van der Waals surface area contributed by atoms with Crippen molar-refractivity contribution in [3.8, 4) is 6.07 Å². The molecule has 0 saturated carbocycles. The molecule has 0 amide bonds. The van der Waals surface area contributed by atoms with E-state index in [1.165, 1.54) is 12.1 Å². The lowest BCUT2D eigenvalue weighted by atomic mass is 10.0. The van der Waals surface area contributed by atoms with Crippen LogP contribution in [-0.2, 0) is 6.18 Å². The van der Waals surface area contributed by atoms with Crippen LogP contribution in [0.3, 0.4) is 0 Å². The number of hydrogen-bond acceptors (Lipinski definition) is 1. The van der Waals surface area contributed by atoms with Crippen molar-refractivity contribution in [1.29, 1.82) is 5.26 Å². The first kappa shape index (κ1) is 10.3. The first-order valence-corrected chi connectivity index (χ1v) is 3.73. The van der Waals surface area contributed by atoms with Gasteiger partial charge in [0.25, 0.3) is 0 Å². The summed E-state index contributed by atoms with van der Waals surface area (Å²) in [6.45, 7) is 3.40. The maximum Gasteiger partial charge on any atom is 0.416 e. The predicted molar refractivity (Wildman–Crippen MR) is 46.3 cm³/mol. The summed E-state index contributed by atoms with van der Waals surface area (Å²) in [6, 6.07) is 4.66. The van der Waals surface area contributed by atoms with Gasteiger partial charge in [0.05, 0.1) is 17.2 Å². The highest BCUT2D eigenvalue weighted by molar-refractivity contribution is 5.57. The highest BCUT2D eigenvalue weighted by atomic mass is 19.4. The second kappa shape index (κ2) is 3.54. The Kier molecular flexibility index (Phi) is 2.61. The summed E-state index contributed by atoms with van der Waals surface area (Å²) in [6.07, 6.45) is -3.07. The monoisotopic (exact) mass is 197 g/mol. The molecule has 0 N–H and O–H groups in total. The Morgan fingerprint density at radius 2 is 2.00 bits per heavy atom. The van der Waals surface area contributed by atoms with Gasteiger partial charge in [-0.2, -0.15) is 18.4 Å². The lowest BCUT2D eigenvalue weighted by Gasteiger charge is -2.07. The molecule has 1 nitrogen and oxygen atoms in total. The minimum atomic E-state index is -4.41. The average molecular weight is 197 g/mol. The Labute approximate surface area is 79.1 Å². The molecule has 72 valence electrons. The van der Waals surface area contributed by atoms with Crippen LogP contribution in [0.4, 0.5) is 13.2 Å². The van der Waals surface area contributed by atoms with Crippen LogP contribution < -0.4 is 0 Å². The maximum absolute atomic E-state index is 12.2. The first-order chi connectivity index (χ1) is 6.49. The lowest BCUT2D eigenvalue weighted by Crippen LogP contribution is -2.05. The van der Waals surface area contributed by atoms with Crippen molar-refractivity contribution in [2.24, 2.45) is 0 Å². The zero-order valence-corrected chi connectivity index (χ0v) is 7.10. The minimum Gasteiger partial charge on any atom is -0.192 e. The summed E-state index contributed by atoms with van der Waals surface area (Å²) < 4.78 is 36.6. The van der Waals surface area contributed by atoms with E-state index in [0.717, 1.165) is 12.1 Å². The van der Waals surface area contributed by atoms with Gasteiger partial charge in [-0.15, -0.1) is 0 Å². The summed E-state index contributed by atoms with van der Waals surface area (Å²) in [5.74, 6) is 0. The van der Waals surface area contributed by atoms with Crippen molar-refractivity contribution in [3.05, 3.63) is 41.5 Å². The molecule has 0 fully saturated rings. The van der Waals surface area contributed by atoms with Gasteiger partial charge in [0.15, 0.2) is 0 Å². The Hall–Kier alpha value is -1.76. The molecule has 0 saturated heterocycles. The van der Waals surface area contributed by atoms with Crippen molar-refractivity contribution in [3.63, 3.8) is 0 Å². The highest BCUT2D eigenvalue weighted by Crippen LogP contribution is 2.30. The molecular formula is C10H6F3N. The minimum absolute atomic E-state index is 0.0187. The van der Waals surface area contributed by atoms with E-state index in [1.54, 1.807) is 6.07 Å². The largest absolute Gasteiger partial charge is 0.416 e. The van der Waals surface area contributed by atoms with Crippen LogP contribution in [0.15, 0.2) is 24.8 Å². The van der Waals surface area contributed by atoms with E-state index in [4.69, 9.17) is 5.26 Å². The van der Waals surface area contributed by atoms with Gasteiger partial charge in [-0.3, -0.25) is 0 Å². The first-order valence-electron chi connectivity index (χ1n) is 3.73. The Balaban J connectivity index is 3.30. The molecule has 0 aliphatic rings. The van der Waals surface area contributed by atoms with Crippen LogP contribution in [0, 0.1) is 11.3 Å². The third-order valence-electron chi connectivity index (χ3n) is 1.72. The van der Waals surface area contributed by atoms with Gasteiger partial charge in [0.1, 0.15) is 0 Å². The second-order valence-electron chi connectivity index (χ2n) is 2.62. The number of alkyl halides is 3. The average Bonchev–Trinajstić information content (AvgIpc) is 2.15. The molecule has 0 heterocycles. The van der Waals surface area contributed by atoms with E-state index >= 15 is 0 Å². The summed E-state index contributed by atoms with van der Waals surface area (Å²) in [5, 5.41) is 8.57. The molecule has 4 heteroatoms. The predicted octanol–water partition coefficient (Wildman–Crippen LogP) is 3.22. The molecule has 0 spiro atoms. The van der Waals surface area contributed by atoms with Crippen molar-refractivity contribution in [2.45, 2.75) is 6.18 Å². The number of hydrogen-bond donors (Lipinski definition) is 0. The van der Waals surface area contributed by atoms with Crippen molar-refractivity contribution in [1.82, 2.24) is 0 Å². The molecule has 0 unspecified atom stereocenters. The molecule has 0 aliphatic carbocycles. The van der Waals surface area contributed by atoms with Gasteiger partial charge in [-0.1, -0.05) is 18.7 Å². The Morgan fingerprint density at radius 3 is 2.43 bits per heavy atom. The third-order valence-corrected chi connectivity index (χ3v) is 1.72. The summed E-state index contributed by atoms with van der Waals surface area (Å²) in [7, 11) is 0. The normalized spacial score (nSPS) is 10.7. The van der Waals surface area contributed by atoms with Crippen molar-refractivity contribution < 1.29 is 13.2 Å². The van der Waals surface area contributed by atoms with Crippen molar-refractivity contribution >= 4 is 6.08 Å². The Bertz CT molecular complexity index is 399. The standard InChI is InChI=1S/C10H6F3N/c1-2-7-3-4-9(10(11,12)13)5-8(7)6-14/h2-5H,1H2. The molecule has 1 aromatic rings. The summed E-state index contributed by atoms with van der Waals surface area (Å²) >= 11 is 0. The summed E-state index contributed by atoms with van der Waals surface area (Å²) in [4.78, 5) is 0. The molecule has 0 aromatic heterocycles. The van der Waals surface area contributed by atoms with Crippen LogP contribution >= 0.6 is 0 Å². The van der Waals surface area contributed by atoms with Gasteiger partial charge in [-0.25, -0.2) is 0 Å². The number of rotatable bonds is 1. The molecule has 1 aromatic carbocycles.